The van der Waals surface area contributed by atoms with E-state index in [0.29, 0.717) is 11.6 Å². The number of nitrogens with zero attached hydrogens (tertiary/aromatic N) is 4. The van der Waals surface area contributed by atoms with Gasteiger partial charge in [-0.1, -0.05) is 49.4 Å². The Kier molecular flexibility index (Phi) is 4.30. The van der Waals surface area contributed by atoms with E-state index in [1.165, 1.54) is 5.56 Å². The minimum absolute atomic E-state index is 0.455. The maximum absolute atomic E-state index is 9.10. The predicted octanol–water partition coefficient (Wildman–Crippen LogP) is 2.59. The van der Waals surface area contributed by atoms with Crippen LogP contribution in [0.2, 0.25) is 0 Å². The molecule has 2 aromatic rings. The fourth-order valence-electron chi connectivity index (χ4n) is 2.07. The molecule has 0 bridgehead atoms. The molecule has 1 heterocycles. The Balaban J connectivity index is 2.14. The van der Waals surface area contributed by atoms with E-state index in [9.17, 15) is 0 Å². The van der Waals surface area contributed by atoms with Crippen LogP contribution in [0.3, 0.4) is 0 Å². The topological polar surface area (TPSA) is 54.5 Å². The van der Waals surface area contributed by atoms with E-state index < -0.39 is 0 Å². The van der Waals surface area contributed by atoms with Crippen LogP contribution in [0, 0.1) is 17.2 Å². The van der Waals surface area contributed by atoms with Crippen LogP contribution < -0.4 is 0 Å². The highest BCUT2D eigenvalue weighted by atomic mass is 15.4. The molecule has 1 aromatic carbocycles. The average Bonchev–Trinajstić information content (AvgIpc) is 2.79. The van der Waals surface area contributed by atoms with Crippen molar-refractivity contribution in [1.82, 2.24) is 15.0 Å². The molecule has 0 saturated heterocycles. The molecule has 0 fully saturated rings. The summed E-state index contributed by atoms with van der Waals surface area (Å²) in [7, 11) is 0. The predicted molar refractivity (Wildman–Crippen MR) is 73.4 cm³/mol. The third-order valence-corrected chi connectivity index (χ3v) is 2.97. The lowest BCUT2D eigenvalue weighted by molar-refractivity contribution is 0.458. The molecule has 0 unspecified atom stereocenters. The van der Waals surface area contributed by atoms with Crippen molar-refractivity contribution >= 4 is 0 Å². The Morgan fingerprint density at radius 2 is 1.95 bits per heavy atom. The van der Waals surface area contributed by atoms with Gasteiger partial charge in [0.25, 0.3) is 0 Å². The number of aromatic nitrogens is 3. The highest BCUT2D eigenvalue weighted by molar-refractivity contribution is 5.26. The van der Waals surface area contributed by atoms with Crippen LogP contribution in [0.25, 0.3) is 0 Å². The third kappa shape index (κ3) is 3.41. The standard InChI is InChI=1S/C15H18N4/c1-12(2)11-19-15(14(10-16)17-18-19)9-8-13-6-4-3-5-7-13/h3-7,12H,8-9,11H2,1-2H3. The molecule has 4 heteroatoms. The van der Waals surface area contributed by atoms with Gasteiger partial charge in [0.05, 0.1) is 5.69 Å². The van der Waals surface area contributed by atoms with Gasteiger partial charge in [-0.25, -0.2) is 4.68 Å². The zero-order valence-electron chi connectivity index (χ0n) is 11.4. The molecule has 2 rings (SSSR count). The summed E-state index contributed by atoms with van der Waals surface area (Å²) in [5, 5.41) is 17.1. The molecule has 0 amide bonds. The van der Waals surface area contributed by atoms with Crippen LogP contribution in [-0.4, -0.2) is 15.0 Å². The number of aryl methyl sites for hydroxylation is 1. The smallest absolute Gasteiger partial charge is 0.185 e. The molecule has 1 aromatic heterocycles. The van der Waals surface area contributed by atoms with Gasteiger partial charge in [-0.05, 0) is 24.3 Å². The van der Waals surface area contributed by atoms with E-state index in [1.54, 1.807) is 0 Å². The molecule has 0 saturated carbocycles. The van der Waals surface area contributed by atoms with E-state index in [2.05, 4.69) is 42.4 Å². The molecule has 4 nitrogen and oxygen atoms in total. The summed E-state index contributed by atoms with van der Waals surface area (Å²) < 4.78 is 1.87. The molecule has 0 aliphatic rings. The molecular weight excluding hydrogens is 236 g/mol. The minimum atomic E-state index is 0.455. The first-order chi connectivity index (χ1) is 9.20. The second kappa shape index (κ2) is 6.14. The Morgan fingerprint density at radius 1 is 1.21 bits per heavy atom. The van der Waals surface area contributed by atoms with E-state index in [0.717, 1.165) is 25.1 Å². The lowest BCUT2D eigenvalue weighted by Gasteiger charge is -2.08. The summed E-state index contributed by atoms with van der Waals surface area (Å²) in [4.78, 5) is 0. The van der Waals surface area contributed by atoms with Crippen LogP contribution in [0.4, 0.5) is 0 Å². The molecule has 0 aliphatic carbocycles. The number of hydrogen-bond acceptors (Lipinski definition) is 3. The minimum Gasteiger partial charge on any atom is -0.248 e. The van der Waals surface area contributed by atoms with Crippen molar-refractivity contribution < 1.29 is 0 Å². The SMILES string of the molecule is CC(C)Cn1nnc(C#N)c1CCc1ccccc1. The molecule has 0 atom stereocenters. The van der Waals surface area contributed by atoms with Crippen molar-refractivity contribution in [2.24, 2.45) is 5.92 Å². The highest BCUT2D eigenvalue weighted by Gasteiger charge is 2.13. The third-order valence-electron chi connectivity index (χ3n) is 2.97. The van der Waals surface area contributed by atoms with Crippen molar-refractivity contribution in [3.05, 3.63) is 47.3 Å². The first-order valence-electron chi connectivity index (χ1n) is 6.57. The normalized spacial score (nSPS) is 10.6. The van der Waals surface area contributed by atoms with Crippen LogP contribution in [0.5, 0.6) is 0 Å². The monoisotopic (exact) mass is 254 g/mol. The first-order valence-corrected chi connectivity index (χ1v) is 6.57. The zero-order valence-corrected chi connectivity index (χ0v) is 11.4. The van der Waals surface area contributed by atoms with Crippen LogP contribution in [-0.2, 0) is 19.4 Å². The lowest BCUT2D eigenvalue weighted by Crippen LogP contribution is -2.11. The van der Waals surface area contributed by atoms with E-state index >= 15 is 0 Å². The van der Waals surface area contributed by atoms with Gasteiger partial charge in [-0.15, -0.1) is 5.10 Å². The lowest BCUT2D eigenvalue weighted by atomic mass is 10.1. The summed E-state index contributed by atoms with van der Waals surface area (Å²) in [5.74, 6) is 0.490. The molecule has 0 spiro atoms. The molecule has 19 heavy (non-hydrogen) atoms. The maximum atomic E-state index is 9.10. The molecular formula is C15H18N4. The molecule has 98 valence electrons. The van der Waals surface area contributed by atoms with Gasteiger partial charge in [0.15, 0.2) is 5.69 Å². The van der Waals surface area contributed by atoms with Gasteiger partial charge in [-0.3, -0.25) is 0 Å². The Morgan fingerprint density at radius 3 is 2.58 bits per heavy atom. The van der Waals surface area contributed by atoms with Gasteiger partial charge >= 0.3 is 0 Å². The fraction of sp³-hybridized carbons (Fsp3) is 0.400. The van der Waals surface area contributed by atoms with Crippen molar-refractivity contribution in [2.75, 3.05) is 0 Å². The van der Waals surface area contributed by atoms with Gasteiger partial charge in [0.1, 0.15) is 6.07 Å². The quantitative estimate of drug-likeness (QED) is 0.824. The van der Waals surface area contributed by atoms with Gasteiger partial charge in [0.2, 0.25) is 0 Å². The Bertz CT molecular complexity index is 564. The summed E-state index contributed by atoms with van der Waals surface area (Å²) >= 11 is 0. The summed E-state index contributed by atoms with van der Waals surface area (Å²) in [6.45, 7) is 5.07. The Hall–Kier alpha value is -2.15. The number of nitriles is 1. The summed E-state index contributed by atoms with van der Waals surface area (Å²) in [5.41, 5.74) is 2.67. The molecule has 0 N–H and O–H groups in total. The molecule has 0 aliphatic heterocycles. The van der Waals surface area contributed by atoms with Crippen molar-refractivity contribution in [3.8, 4) is 6.07 Å². The van der Waals surface area contributed by atoms with Crippen LogP contribution in [0.15, 0.2) is 30.3 Å². The van der Waals surface area contributed by atoms with Crippen molar-refractivity contribution in [2.45, 2.75) is 33.2 Å². The van der Waals surface area contributed by atoms with Crippen LogP contribution in [0.1, 0.15) is 30.8 Å². The summed E-state index contributed by atoms with van der Waals surface area (Å²) in [6, 6.07) is 12.4. The van der Waals surface area contributed by atoms with E-state index in [1.807, 2.05) is 22.9 Å². The maximum Gasteiger partial charge on any atom is 0.185 e. The van der Waals surface area contributed by atoms with Gasteiger partial charge in [0, 0.05) is 6.54 Å². The van der Waals surface area contributed by atoms with Crippen molar-refractivity contribution in [1.29, 1.82) is 5.26 Å². The van der Waals surface area contributed by atoms with Crippen LogP contribution >= 0.6 is 0 Å². The highest BCUT2D eigenvalue weighted by Crippen LogP contribution is 2.11. The second-order valence-electron chi connectivity index (χ2n) is 5.06. The largest absolute Gasteiger partial charge is 0.248 e. The molecule has 0 radical (unpaired) electrons. The van der Waals surface area contributed by atoms with E-state index in [4.69, 9.17) is 5.26 Å². The number of hydrogen-bond donors (Lipinski definition) is 0. The number of rotatable bonds is 5. The van der Waals surface area contributed by atoms with Gasteiger partial charge in [-0.2, -0.15) is 5.26 Å². The Labute approximate surface area is 113 Å². The second-order valence-corrected chi connectivity index (χ2v) is 5.06. The summed E-state index contributed by atoms with van der Waals surface area (Å²) in [6.07, 6.45) is 1.70. The zero-order chi connectivity index (χ0) is 13.7. The number of benzene rings is 1. The average molecular weight is 254 g/mol. The van der Waals surface area contributed by atoms with Gasteiger partial charge < -0.3 is 0 Å². The first kappa shape index (κ1) is 13.3. The van der Waals surface area contributed by atoms with E-state index in [-0.39, 0.29) is 0 Å². The fourth-order valence-corrected chi connectivity index (χ4v) is 2.07. The van der Waals surface area contributed by atoms with Crippen molar-refractivity contribution in [3.63, 3.8) is 0 Å².